The van der Waals surface area contributed by atoms with Gasteiger partial charge in [-0.3, -0.25) is 4.79 Å². The van der Waals surface area contributed by atoms with Crippen molar-refractivity contribution in [1.82, 2.24) is 9.80 Å². The molecule has 0 bridgehead atoms. The molecule has 0 aromatic carbocycles. The van der Waals surface area contributed by atoms with Gasteiger partial charge < -0.3 is 29.1 Å². The first-order valence-electron chi connectivity index (χ1n) is 11.8. The van der Waals surface area contributed by atoms with Crippen LogP contribution in [0.25, 0.3) is 0 Å². The maximum atomic E-state index is 13.2. The summed E-state index contributed by atoms with van der Waals surface area (Å²) in [6.07, 6.45) is 8.39. The van der Waals surface area contributed by atoms with Crippen LogP contribution < -0.4 is 0 Å². The molecule has 0 radical (unpaired) electrons. The molecule has 3 aliphatic heterocycles. The summed E-state index contributed by atoms with van der Waals surface area (Å²) in [7, 11) is 0. The SMILES string of the molecule is CC(C)[C@@H]1C=C(C(=O)N2CCC(N3CCCCC3)CC2)O[C@H](OCCOCCO)C1. The number of rotatable bonds is 9. The molecule has 0 saturated carbocycles. The van der Waals surface area contributed by atoms with Gasteiger partial charge in [0, 0.05) is 25.6 Å². The van der Waals surface area contributed by atoms with E-state index in [9.17, 15) is 4.79 Å². The van der Waals surface area contributed by atoms with Gasteiger partial charge in [0.2, 0.25) is 6.29 Å². The lowest BCUT2D eigenvalue weighted by Gasteiger charge is -2.40. The minimum atomic E-state index is -0.426. The second kappa shape index (κ2) is 12.0. The van der Waals surface area contributed by atoms with Gasteiger partial charge in [-0.2, -0.15) is 0 Å². The van der Waals surface area contributed by atoms with Crippen LogP contribution in [0.1, 0.15) is 52.4 Å². The molecule has 7 heteroatoms. The molecule has 0 aliphatic carbocycles. The first kappa shape index (κ1) is 23.5. The molecule has 3 heterocycles. The fourth-order valence-electron chi connectivity index (χ4n) is 4.68. The largest absolute Gasteiger partial charge is 0.459 e. The van der Waals surface area contributed by atoms with Crippen LogP contribution in [0.15, 0.2) is 11.8 Å². The predicted octanol–water partition coefficient (Wildman–Crippen LogP) is 2.39. The van der Waals surface area contributed by atoms with Crippen molar-refractivity contribution in [3.8, 4) is 0 Å². The Morgan fingerprint density at radius 2 is 1.87 bits per heavy atom. The summed E-state index contributed by atoms with van der Waals surface area (Å²) in [5.41, 5.74) is 0. The molecule has 0 aromatic rings. The molecule has 172 valence electrons. The molecule has 2 fully saturated rings. The predicted molar refractivity (Wildman–Crippen MR) is 115 cm³/mol. The molecule has 30 heavy (non-hydrogen) atoms. The standard InChI is InChI=1S/C23H40N2O5/c1-18(2)19-16-21(30-22(17-19)29-15-14-28-13-12-26)23(27)25-10-6-20(7-11-25)24-8-4-3-5-9-24/h16,18-20,22,26H,3-15,17H2,1-2H3/t19-,22+/m1/s1. The van der Waals surface area contributed by atoms with Gasteiger partial charge >= 0.3 is 0 Å². The fourth-order valence-corrected chi connectivity index (χ4v) is 4.68. The third-order valence-electron chi connectivity index (χ3n) is 6.58. The lowest BCUT2D eigenvalue weighted by atomic mass is 9.90. The maximum Gasteiger partial charge on any atom is 0.288 e. The fraction of sp³-hybridized carbons (Fsp3) is 0.870. The Hall–Kier alpha value is -1.15. The van der Waals surface area contributed by atoms with Crippen LogP contribution in [-0.4, -0.2) is 85.8 Å². The van der Waals surface area contributed by atoms with Gasteiger partial charge in [0.05, 0.1) is 26.4 Å². The molecule has 3 aliphatic rings. The highest BCUT2D eigenvalue weighted by Crippen LogP contribution is 2.30. The Kier molecular flexibility index (Phi) is 9.43. The Bertz CT molecular complexity index is 554. The summed E-state index contributed by atoms with van der Waals surface area (Å²) in [4.78, 5) is 17.8. The Morgan fingerprint density at radius 1 is 1.13 bits per heavy atom. The lowest BCUT2D eigenvalue weighted by molar-refractivity contribution is -0.161. The van der Waals surface area contributed by atoms with E-state index in [4.69, 9.17) is 19.3 Å². The molecule has 1 N–H and O–H groups in total. The van der Waals surface area contributed by atoms with E-state index in [2.05, 4.69) is 18.7 Å². The van der Waals surface area contributed by atoms with Crippen LogP contribution in [0, 0.1) is 11.8 Å². The van der Waals surface area contributed by atoms with Crippen molar-refractivity contribution in [3.05, 3.63) is 11.8 Å². The minimum absolute atomic E-state index is 0.00238. The maximum absolute atomic E-state index is 13.2. The van der Waals surface area contributed by atoms with Crippen molar-refractivity contribution in [2.45, 2.75) is 64.7 Å². The summed E-state index contributed by atoms with van der Waals surface area (Å²) in [5.74, 6) is 1.12. The number of carbonyl (C=O) groups is 1. The Balaban J connectivity index is 1.51. The van der Waals surface area contributed by atoms with Crippen LogP contribution in [0.2, 0.25) is 0 Å². The highest BCUT2D eigenvalue weighted by molar-refractivity contribution is 5.91. The zero-order chi connectivity index (χ0) is 21.3. The van der Waals surface area contributed by atoms with Gasteiger partial charge in [0.25, 0.3) is 5.91 Å². The summed E-state index contributed by atoms with van der Waals surface area (Å²) in [5, 5.41) is 8.78. The van der Waals surface area contributed by atoms with Crippen LogP contribution >= 0.6 is 0 Å². The summed E-state index contributed by atoms with van der Waals surface area (Å²) in [6.45, 7) is 9.46. The van der Waals surface area contributed by atoms with Crippen molar-refractivity contribution in [2.75, 3.05) is 52.6 Å². The van der Waals surface area contributed by atoms with Crippen LogP contribution in [0.5, 0.6) is 0 Å². The van der Waals surface area contributed by atoms with Gasteiger partial charge in [0.1, 0.15) is 0 Å². The Labute approximate surface area is 181 Å². The zero-order valence-electron chi connectivity index (χ0n) is 18.8. The van der Waals surface area contributed by atoms with Gasteiger partial charge in [0.15, 0.2) is 5.76 Å². The van der Waals surface area contributed by atoms with E-state index in [1.807, 2.05) is 11.0 Å². The van der Waals surface area contributed by atoms with Crippen molar-refractivity contribution >= 4 is 5.91 Å². The van der Waals surface area contributed by atoms with Gasteiger partial charge in [-0.1, -0.05) is 20.3 Å². The Morgan fingerprint density at radius 3 is 2.53 bits per heavy atom. The molecule has 7 nitrogen and oxygen atoms in total. The summed E-state index contributed by atoms with van der Waals surface area (Å²) in [6, 6.07) is 0.619. The highest BCUT2D eigenvalue weighted by Gasteiger charge is 2.34. The second-order valence-electron chi connectivity index (χ2n) is 9.05. The molecule has 3 rings (SSSR count). The molecule has 2 saturated heterocycles. The minimum Gasteiger partial charge on any atom is -0.459 e. The number of likely N-dealkylation sites (tertiary alicyclic amines) is 2. The number of aliphatic hydroxyl groups excluding tert-OH is 1. The molecular weight excluding hydrogens is 384 g/mol. The van der Waals surface area contributed by atoms with E-state index in [1.54, 1.807) is 0 Å². The molecule has 0 spiro atoms. The van der Waals surface area contributed by atoms with E-state index in [0.29, 0.717) is 37.5 Å². The third kappa shape index (κ3) is 6.67. The van der Waals surface area contributed by atoms with Crippen molar-refractivity contribution in [2.24, 2.45) is 11.8 Å². The highest BCUT2D eigenvalue weighted by atomic mass is 16.7. The third-order valence-corrected chi connectivity index (χ3v) is 6.58. The van der Waals surface area contributed by atoms with Crippen LogP contribution in [-0.2, 0) is 19.0 Å². The van der Waals surface area contributed by atoms with Crippen LogP contribution in [0.4, 0.5) is 0 Å². The first-order valence-corrected chi connectivity index (χ1v) is 11.8. The van der Waals surface area contributed by atoms with E-state index in [1.165, 1.54) is 32.4 Å². The number of carbonyl (C=O) groups excluding carboxylic acids is 1. The molecular formula is C23H40N2O5. The van der Waals surface area contributed by atoms with E-state index >= 15 is 0 Å². The number of ether oxygens (including phenoxy) is 3. The number of nitrogens with zero attached hydrogens (tertiary/aromatic N) is 2. The number of hydrogen-bond donors (Lipinski definition) is 1. The normalized spacial score (nSPS) is 26.5. The monoisotopic (exact) mass is 424 g/mol. The number of amides is 1. The lowest BCUT2D eigenvalue weighted by Crippen LogP contribution is -2.49. The second-order valence-corrected chi connectivity index (χ2v) is 9.05. The van der Waals surface area contributed by atoms with Gasteiger partial charge in [-0.05, 0) is 56.7 Å². The zero-order valence-corrected chi connectivity index (χ0v) is 18.8. The summed E-state index contributed by atoms with van der Waals surface area (Å²) >= 11 is 0. The number of allylic oxidation sites excluding steroid dienone is 1. The quantitative estimate of drug-likeness (QED) is 0.573. The van der Waals surface area contributed by atoms with E-state index in [-0.39, 0.29) is 18.4 Å². The first-order chi connectivity index (χ1) is 14.6. The van der Waals surface area contributed by atoms with Crippen molar-refractivity contribution in [1.29, 1.82) is 0 Å². The van der Waals surface area contributed by atoms with Crippen molar-refractivity contribution in [3.63, 3.8) is 0 Å². The van der Waals surface area contributed by atoms with Gasteiger partial charge in [-0.15, -0.1) is 0 Å². The topological polar surface area (TPSA) is 71.5 Å². The van der Waals surface area contributed by atoms with E-state index < -0.39 is 6.29 Å². The average molecular weight is 425 g/mol. The molecule has 0 unspecified atom stereocenters. The smallest absolute Gasteiger partial charge is 0.288 e. The average Bonchev–Trinajstić information content (AvgIpc) is 2.79. The van der Waals surface area contributed by atoms with Crippen LogP contribution in [0.3, 0.4) is 0 Å². The van der Waals surface area contributed by atoms with Gasteiger partial charge in [-0.25, -0.2) is 0 Å². The van der Waals surface area contributed by atoms with E-state index in [0.717, 1.165) is 32.4 Å². The van der Waals surface area contributed by atoms with Crippen molar-refractivity contribution < 1.29 is 24.1 Å². The molecule has 1 amide bonds. The molecule has 0 aromatic heterocycles. The number of aliphatic hydroxyl groups is 1. The molecule has 2 atom stereocenters. The number of piperidine rings is 2. The number of hydrogen-bond acceptors (Lipinski definition) is 6. The summed E-state index contributed by atoms with van der Waals surface area (Å²) < 4.78 is 17.0.